The Morgan fingerprint density at radius 1 is 1.35 bits per heavy atom. The lowest BCUT2D eigenvalue weighted by Gasteiger charge is -2.39. The number of likely N-dealkylation sites (tertiary alicyclic amines) is 1. The molecule has 0 spiro atoms. The van der Waals surface area contributed by atoms with Gasteiger partial charge in [-0.1, -0.05) is 6.42 Å². The van der Waals surface area contributed by atoms with Gasteiger partial charge in [0.1, 0.15) is 0 Å². The molecular weight excluding hydrogens is 256 g/mol. The van der Waals surface area contributed by atoms with Crippen LogP contribution in [0, 0.1) is 11.8 Å². The van der Waals surface area contributed by atoms with Crippen LogP contribution in [0.15, 0.2) is 0 Å². The van der Waals surface area contributed by atoms with Crippen molar-refractivity contribution in [2.45, 2.75) is 38.1 Å². The molecule has 0 aromatic heterocycles. The Bertz CT molecular complexity index is 307. The molecule has 5 heteroatoms. The first kappa shape index (κ1) is 15.7. The second-order valence-electron chi connectivity index (χ2n) is 6.27. The first-order valence-corrected chi connectivity index (χ1v) is 7.84. The molecule has 116 valence electrons. The van der Waals surface area contributed by atoms with E-state index in [0.717, 1.165) is 32.0 Å². The molecule has 0 aromatic rings. The van der Waals surface area contributed by atoms with Gasteiger partial charge in [0.2, 0.25) is 0 Å². The van der Waals surface area contributed by atoms with Gasteiger partial charge in [0.25, 0.3) is 0 Å². The van der Waals surface area contributed by atoms with Gasteiger partial charge in [0.15, 0.2) is 0 Å². The van der Waals surface area contributed by atoms with Crippen molar-refractivity contribution in [2.24, 2.45) is 11.8 Å². The molecule has 20 heavy (non-hydrogen) atoms. The Morgan fingerprint density at radius 2 is 2.15 bits per heavy atom. The van der Waals surface area contributed by atoms with E-state index in [9.17, 15) is 4.79 Å². The molecule has 1 saturated heterocycles. The van der Waals surface area contributed by atoms with Crippen LogP contribution in [-0.4, -0.2) is 61.9 Å². The summed E-state index contributed by atoms with van der Waals surface area (Å²) in [5, 5.41) is 12.8. The van der Waals surface area contributed by atoms with Gasteiger partial charge < -0.3 is 15.2 Å². The average Bonchev–Trinajstić information content (AvgIpc) is 2.37. The van der Waals surface area contributed by atoms with Crippen LogP contribution in [0.4, 0.5) is 0 Å². The van der Waals surface area contributed by atoms with Crippen LogP contribution in [0.3, 0.4) is 0 Å². The number of nitrogens with one attached hydrogen (secondary N) is 1. The number of rotatable bonds is 7. The number of nitrogens with zero attached hydrogens (tertiary/aromatic N) is 1. The lowest BCUT2D eigenvalue weighted by atomic mass is 9.84. The number of piperidine rings is 1. The first-order valence-electron chi connectivity index (χ1n) is 7.84. The minimum absolute atomic E-state index is 0.126. The summed E-state index contributed by atoms with van der Waals surface area (Å²) in [6, 6.07) is 0.436. The van der Waals surface area contributed by atoms with Gasteiger partial charge in [-0.05, 0) is 37.6 Å². The highest BCUT2D eigenvalue weighted by atomic mass is 16.5. The van der Waals surface area contributed by atoms with Gasteiger partial charge in [-0.2, -0.15) is 0 Å². The normalized spacial score (nSPS) is 28.1. The smallest absolute Gasteiger partial charge is 0.305 e. The van der Waals surface area contributed by atoms with Crippen LogP contribution >= 0.6 is 0 Å². The van der Waals surface area contributed by atoms with Crippen molar-refractivity contribution in [2.75, 3.05) is 39.9 Å². The second-order valence-corrected chi connectivity index (χ2v) is 6.27. The monoisotopic (exact) mass is 284 g/mol. The van der Waals surface area contributed by atoms with Crippen LogP contribution in [-0.2, 0) is 9.53 Å². The lowest BCUT2D eigenvalue weighted by molar-refractivity contribution is -0.142. The number of carbonyl (C=O) groups excluding carboxylic acids is 1. The largest absolute Gasteiger partial charge is 0.469 e. The van der Waals surface area contributed by atoms with Crippen molar-refractivity contribution in [3.63, 3.8) is 0 Å². The fourth-order valence-electron chi connectivity index (χ4n) is 3.27. The number of hydrogen-bond donors (Lipinski definition) is 2. The lowest BCUT2D eigenvalue weighted by Crippen LogP contribution is -2.51. The number of carbonyl (C=O) groups is 1. The fraction of sp³-hybridized carbons (Fsp3) is 0.933. The quantitative estimate of drug-likeness (QED) is 0.671. The van der Waals surface area contributed by atoms with E-state index < -0.39 is 0 Å². The molecule has 0 amide bonds. The van der Waals surface area contributed by atoms with E-state index in [1.54, 1.807) is 0 Å². The molecule has 0 bridgehead atoms. The number of aliphatic hydroxyl groups is 1. The van der Waals surface area contributed by atoms with Gasteiger partial charge in [0.05, 0.1) is 13.7 Å². The predicted molar refractivity (Wildman–Crippen MR) is 77.4 cm³/mol. The van der Waals surface area contributed by atoms with Crippen molar-refractivity contribution in [3.05, 3.63) is 0 Å². The summed E-state index contributed by atoms with van der Waals surface area (Å²) in [4.78, 5) is 13.7. The summed E-state index contributed by atoms with van der Waals surface area (Å²) in [7, 11) is 1.45. The third-order valence-corrected chi connectivity index (χ3v) is 4.63. The number of methoxy groups -OCH3 is 1. The Morgan fingerprint density at radius 3 is 2.75 bits per heavy atom. The zero-order valence-corrected chi connectivity index (χ0v) is 12.5. The first-order chi connectivity index (χ1) is 9.71. The van der Waals surface area contributed by atoms with Gasteiger partial charge in [0, 0.05) is 32.1 Å². The van der Waals surface area contributed by atoms with E-state index in [2.05, 4.69) is 10.2 Å². The number of esters is 1. The molecule has 5 nitrogen and oxygen atoms in total. The summed E-state index contributed by atoms with van der Waals surface area (Å²) < 4.78 is 4.78. The molecule has 2 N–H and O–H groups in total. The van der Waals surface area contributed by atoms with E-state index >= 15 is 0 Å². The van der Waals surface area contributed by atoms with E-state index in [4.69, 9.17) is 9.84 Å². The third-order valence-electron chi connectivity index (χ3n) is 4.63. The van der Waals surface area contributed by atoms with Crippen LogP contribution < -0.4 is 5.32 Å². The maximum absolute atomic E-state index is 11.5. The number of hydrogen-bond acceptors (Lipinski definition) is 5. The Labute approximate surface area is 121 Å². The van der Waals surface area contributed by atoms with Gasteiger partial charge in [-0.25, -0.2) is 0 Å². The van der Waals surface area contributed by atoms with Gasteiger partial charge in [-0.3, -0.25) is 9.69 Å². The molecule has 2 rings (SSSR count). The Hall–Kier alpha value is -0.650. The Kier molecular flexibility index (Phi) is 6.26. The van der Waals surface area contributed by atoms with E-state index in [1.807, 2.05) is 0 Å². The highest BCUT2D eigenvalue weighted by Crippen LogP contribution is 2.26. The average molecular weight is 284 g/mol. The van der Waals surface area contributed by atoms with Gasteiger partial charge in [-0.15, -0.1) is 0 Å². The minimum atomic E-state index is -0.126. The summed E-state index contributed by atoms with van der Waals surface area (Å²) in [6.07, 6.45) is 5.60. The van der Waals surface area contributed by atoms with Crippen LogP contribution in [0.5, 0.6) is 0 Å². The number of ether oxygens (including phenoxy) is 1. The molecule has 0 radical (unpaired) electrons. The fourth-order valence-corrected chi connectivity index (χ4v) is 3.27. The molecular formula is C15H28N2O3. The van der Waals surface area contributed by atoms with E-state index in [1.165, 1.54) is 26.4 Å². The van der Waals surface area contributed by atoms with Gasteiger partial charge >= 0.3 is 5.97 Å². The molecule has 2 unspecified atom stereocenters. The van der Waals surface area contributed by atoms with Crippen molar-refractivity contribution in [3.8, 4) is 0 Å². The zero-order chi connectivity index (χ0) is 14.4. The second kappa shape index (κ2) is 7.96. The number of β-amino-alcohol motifs (C(OH)–C–C–N with tert-alkyl or cyclic N) is 1. The van der Waals surface area contributed by atoms with Crippen LogP contribution in [0.1, 0.15) is 32.1 Å². The van der Waals surface area contributed by atoms with Crippen LogP contribution in [0.2, 0.25) is 0 Å². The SMILES string of the molecule is COC(=O)CC1CC(NCC2CCC2)CN(CCO)C1. The molecule has 1 aliphatic heterocycles. The molecule has 2 aliphatic rings. The standard InChI is InChI=1S/C15H28N2O3/c1-20-15(19)8-13-7-14(11-17(10-13)5-6-18)16-9-12-3-2-4-12/h12-14,16,18H,2-11H2,1H3. The molecule has 0 aromatic carbocycles. The highest BCUT2D eigenvalue weighted by Gasteiger charge is 2.29. The zero-order valence-electron chi connectivity index (χ0n) is 12.5. The van der Waals surface area contributed by atoms with Crippen LogP contribution in [0.25, 0.3) is 0 Å². The molecule has 1 saturated carbocycles. The maximum Gasteiger partial charge on any atom is 0.305 e. The highest BCUT2D eigenvalue weighted by molar-refractivity contribution is 5.69. The van der Waals surface area contributed by atoms with E-state index in [-0.39, 0.29) is 12.6 Å². The van der Waals surface area contributed by atoms with Crippen molar-refractivity contribution < 1.29 is 14.6 Å². The molecule has 1 aliphatic carbocycles. The number of aliphatic hydroxyl groups excluding tert-OH is 1. The summed E-state index contributed by atoms with van der Waals surface area (Å²) in [6.45, 7) is 3.84. The minimum Gasteiger partial charge on any atom is -0.469 e. The van der Waals surface area contributed by atoms with Crippen molar-refractivity contribution in [1.82, 2.24) is 10.2 Å². The maximum atomic E-state index is 11.5. The third kappa shape index (κ3) is 4.72. The topological polar surface area (TPSA) is 61.8 Å². The Balaban J connectivity index is 1.80. The van der Waals surface area contributed by atoms with Crippen molar-refractivity contribution in [1.29, 1.82) is 0 Å². The summed E-state index contributed by atoms with van der Waals surface area (Å²) in [5.74, 6) is 1.06. The van der Waals surface area contributed by atoms with E-state index in [0.29, 0.717) is 24.9 Å². The predicted octanol–water partition coefficient (Wildman–Crippen LogP) is 0.622. The molecule has 2 atom stereocenters. The molecule has 2 fully saturated rings. The molecule has 1 heterocycles. The summed E-state index contributed by atoms with van der Waals surface area (Å²) >= 11 is 0. The van der Waals surface area contributed by atoms with Crippen molar-refractivity contribution >= 4 is 5.97 Å². The summed E-state index contributed by atoms with van der Waals surface area (Å²) in [5.41, 5.74) is 0.